The Kier molecular flexibility index (Phi) is 6.62. The number of hydrogen-bond donors (Lipinski definition) is 1. The standard InChI is InChI=1S/C23H27F3N4O3/c1-14(21(31)29-16-5-6-16)15-3-7-17(8-4-15)33-18-9-10-30(11-18)20-19(24)22(28-13-27-20)32-12-23(2,25)26/h3-4,7-8,13-14,16,18H,5-6,9-12H2,1-2H3,(H,29,31). The largest absolute Gasteiger partial charge is 0.489 e. The van der Waals surface area contributed by atoms with Crippen LogP contribution in [0, 0.1) is 5.82 Å². The highest BCUT2D eigenvalue weighted by Gasteiger charge is 2.30. The molecule has 1 aromatic heterocycles. The molecule has 2 unspecified atom stereocenters. The van der Waals surface area contributed by atoms with Gasteiger partial charge in [-0.1, -0.05) is 12.1 Å². The summed E-state index contributed by atoms with van der Waals surface area (Å²) < 4.78 is 51.6. The number of halogens is 3. The van der Waals surface area contributed by atoms with E-state index < -0.39 is 24.2 Å². The van der Waals surface area contributed by atoms with Crippen LogP contribution in [0.3, 0.4) is 0 Å². The first-order chi connectivity index (χ1) is 15.7. The number of nitrogens with one attached hydrogen (secondary N) is 1. The van der Waals surface area contributed by atoms with E-state index in [4.69, 9.17) is 9.47 Å². The molecule has 1 aliphatic heterocycles. The summed E-state index contributed by atoms with van der Waals surface area (Å²) in [5.74, 6) is -4.04. The molecule has 1 saturated carbocycles. The lowest BCUT2D eigenvalue weighted by Gasteiger charge is -2.20. The minimum absolute atomic E-state index is 0.00336. The molecule has 2 fully saturated rings. The van der Waals surface area contributed by atoms with Gasteiger partial charge in [0.05, 0.1) is 12.5 Å². The highest BCUT2D eigenvalue weighted by Crippen LogP contribution is 2.29. The van der Waals surface area contributed by atoms with Crippen LogP contribution in [0.15, 0.2) is 30.6 Å². The van der Waals surface area contributed by atoms with Crippen molar-refractivity contribution < 1.29 is 27.4 Å². The molecule has 178 valence electrons. The lowest BCUT2D eigenvalue weighted by Crippen LogP contribution is -2.29. The van der Waals surface area contributed by atoms with Crippen LogP contribution in [0.2, 0.25) is 0 Å². The predicted octanol–water partition coefficient (Wildman–Crippen LogP) is 3.69. The number of hydrogen-bond acceptors (Lipinski definition) is 6. The van der Waals surface area contributed by atoms with Gasteiger partial charge < -0.3 is 19.7 Å². The van der Waals surface area contributed by atoms with Gasteiger partial charge in [0, 0.05) is 25.9 Å². The topological polar surface area (TPSA) is 76.6 Å². The number of rotatable bonds is 9. The number of carbonyl (C=O) groups is 1. The van der Waals surface area contributed by atoms with E-state index in [0.29, 0.717) is 38.2 Å². The van der Waals surface area contributed by atoms with Gasteiger partial charge in [-0.25, -0.2) is 13.8 Å². The van der Waals surface area contributed by atoms with Crippen molar-refractivity contribution in [1.82, 2.24) is 15.3 Å². The summed E-state index contributed by atoms with van der Waals surface area (Å²) in [5.41, 5.74) is 0.904. The van der Waals surface area contributed by atoms with E-state index in [0.717, 1.165) is 24.7 Å². The number of alkyl halides is 2. The highest BCUT2D eigenvalue weighted by atomic mass is 19.3. The quantitative estimate of drug-likeness (QED) is 0.610. The maximum atomic E-state index is 14.7. The van der Waals surface area contributed by atoms with Gasteiger partial charge >= 0.3 is 0 Å². The molecular weight excluding hydrogens is 437 g/mol. The van der Waals surface area contributed by atoms with Crippen LogP contribution >= 0.6 is 0 Å². The molecule has 1 saturated heterocycles. The maximum absolute atomic E-state index is 14.7. The number of anilines is 1. The van der Waals surface area contributed by atoms with Crippen LogP contribution in [0.4, 0.5) is 19.0 Å². The van der Waals surface area contributed by atoms with Gasteiger partial charge in [-0.15, -0.1) is 0 Å². The Balaban J connectivity index is 1.33. The Bertz CT molecular complexity index is 980. The highest BCUT2D eigenvalue weighted by molar-refractivity contribution is 5.83. The first-order valence-electron chi connectivity index (χ1n) is 11.0. The third-order valence-corrected chi connectivity index (χ3v) is 5.65. The van der Waals surface area contributed by atoms with Crippen molar-refractivity contribution in [3.05, 3.63) is 42.0 Å². The summed E-state index contributed by atoms with van der Waals surface area (Å²) >= 11 is 0. The Morgan fingerprint density at radius 1 is 1.24 bits per heavy atom. The molecule has 2 aromatic rings. The van der Waals surface area contributed by atoms with Gasteiger partial charge in [0.2, 0.25) is 11.7 Å². The van der Waals surface area contributed by atoms with E-state index in [-0.39, 0.29) is 23.7 Å². The van der Waals surface area contributed by atoms with Crippen LogP contribution in [0.5, 0.6) is 11.6 Å². The van der Waals surface area contributed by atoms with Crippen molar-refractivity contribution in [3.8, 4) is 11.6 Å². The van der Waals surface area contributed by atoms with E-state index in [1.165, 1.54) is 0 Å². The zero-order valence-electron chi connectivity index (χ0n) is 18.6. The van der Waals surface area contributed by atoms with E-state index >= 15 is 0 Å². The van der Waals surface area contributed by atoms with Gasteiger partial charge in [0.1, 0.15) is 18.2 Å². The second kappa shape index (κ2) is 9.44. The lowest BCUT2D eigenvalue weighted by molar-refractivity contribution is -0.122. The Hall–Kier alpha value is -3.04. The van der Waals surface area contributed by atoms with Crippen molar-refractivity contribution in [3.63, 3.8) is 0 Å². The zero-order valence-corrected chi connectivity index (χ0v) is 18.6. The monoisotopic (exact) mass is 464 g/mol. The molecule has 4 rings (SSSR count). The minimum Gasteiger partial charge on any atom is -0.489 e. The Morgan fingerprint density at radius 2 is 1.97 bits per heavy atom. The van der Waals surface area contributed by atoms with E-state index in [1.807, 2.05) is 31.2 Å². The molecule has 10 heteroatoms. The molecule has 33 heavy (non-hydrogen) atoms. The molecule has 7 nitrogen and oxygen atoms in total. The number of carbonyl (C=O) groups excluding carboxylic acids is 1. The van der Waals surface area contributed by atoms with Crippen molar-refractivity contribution >= 4 is 11.7 Å². The number of ether oxygens (including phenoxy) is 2. The van der Waals surface area contributed by atoms with Gasteiger partial charge in [0.25, 0.3) is 11.8 Å². The first-order valence-corrected chi connectivity index (χ1v) is 11.0. The number of benzene rings is 1. The van der Waals surface area contributed by atoms with Crippen LogP contribution in [0.1, 0.15) is 44.6 Å². The minimum atomic E-state index is -3.10. The van der Waals surface area contributed by atoms with E-state index in [9.17, 15) is 18.0 Å². The SMILES string of the molecule is CC(C(=O)NC1CC1)c1ccc(OC2CCN(c3ncnc(OCC(C)(F)F)c3F)C2)cc1. The molecule has 1 amide bonds. The summed E-state index contributed by atoms with van der Waals surface area (Å²) in [5, 5.41) is 3.01. The number of nitrogens with zero attached hydrogens (tertiary/aromatic N) is 3. The maximum Gasteiger partial charge on any atom is 0.278 e. The average Bonchev–Trinajstić information content (AvgIpc) is 3.47. The summed E-state index contributed by atoms with van der Waals surface area (Å²) in [6.45, 7) is 2.45. The second-order valence-corrected chi connectivity index (χ2v) is 8.72. The first kappa shape index (κ1) is 23.1. The predicted molar refractivity (Wildman–Crippen MR) is 115 cm³/mol. The van der Waals surface area contributed by atoms with E-state index in [2.05, 4.69) is 15.3 Å². The van der Waals surface area contributed by atoms with Gasteiger partial charge in [-0.05, 0) is 37.5 Å². The lowest BCUT2D eigenvalue weighted by atomic mass is 10.0. The smallest absolute Gasteiger partial charge is 0.278 e. The second-order valence-electron chi connectivity index (χ2n) is 8.72. The van der Waals surface area contributed by atoms with Crippen molar-refractivity contribution in [2.75, 3.05) is 24.6 Å². The van der Waals surface area contributed by atoms with E-state index in [1.54, 1.807) is 4.90 Å². The third kappa shape index (κ3) is 6.06. The van der Waals surface area contributed by atoms with Crippen LogP contribution in [-0.2, 0) is 4.79 Å². The van der Waals surface area contributed by atoms with Crippen molar-refractivity contribution in [2.24, 2.45) is 0 Å². The van der Waals surface area contributed by atoms with Gasteiger partial charge in [-0.2, -0.15) is 9.37 Å². The summed E-state index contributed by atoms with van der Waals surface area (Å²) in [4.78, 5) is 21.5. The van der Waals surface area contributed by atoms with Gasteiger partial charge in [-0.3, -0.25) is 4.79 Å². The normalized spacial score (nSPS) is 19.3. The zero-order chi connectivity index (χ0) is 23.6. The third-order valence-electron chi connectivity index (χ3n) is 5.65. The van der Waals surface area contributed by atoms with Crippen molar-refractivity contribution in [1.29, 1.82) is 0 Å². The molecule has 2 aliphatic rings. The summed E-state index contributed by atoms with van der Waals surface area (Å²) in [6.07, 6.45) is 3.62. The Morgan fingerprint density at radius 3 is 2.64 bits per heavy atom. The fourth-order valence-corrected chi connectivity index (χ4v) is 3.61. The summed E-state index contributed by atoms with van der Waals surface area (Å²) in [7, 11) is 0. The molecule has 0 spiro atoms. The molecule has 2 heterocycles. The van der Waals surface area contributed by atoms with Crippen LogP contribution in [-0.4, -0.2) is 53.6 Å². The molecule has 1 aromatic carbocycles. The van der Waals surface area contributed by atoms with Gasteiger partial charge in [0.15, 0.2) is 12.4 Å². The van der Waals surface area contributed by atoms with Crippen LogP contribution in [0.25, 0.3) is 0 Å². The average molecular weight is 464 g/mol. The molecule has 0 bridgehead atoms. The molecule has 1 N–H and O–H groups in total. The Labute approximate surface area is 190 Å². The number of aromatic nitrogens is 2. The van der Waals surface area contributed by atoms with Crippen LogP contribution < -0.4 is 19.7 Å². The fraction of sp³-hybridized carbons (Fsp3) is 0.522. The molecule has 0 radical (unpaired) electrons. The van der Waals surface area contributed by atoms with Crippen molar-refractivity contribution in [2.45, 2.75) is 57.1 Å². The number of amides is 1. The molecule has 2 atom stereocenters. The molecule has 1 aliphatic carbocycles. The molecular formula is C23H27F3N4O3. The summed E-state index contributed by atoms with van der Waals surface area (Å²) in [6, 6.07) is 7.71. The fourth-order valence-electron chi connectivity index (χ4n) is 3.61.